The third-order valence-corrected chi connectivity index (χ3v) is 8.37. The van der Waals surface area contributed by atoms with E-state index in [0.29, 0.717) is 30.9 Å². The number of carbonyl (C=O) groups is 2. The van der Waals surface area contributed by atoms with E-state index in [4.69, 9.17) is 16.5 Å². The number of nitrogens with one attached hydrogen (secondary N) is 2. The first kappa shape index (κ1) is 30.8. The molecule has 2 aromatic heterocycles. The van der Waals surface area contributed by atoms with Crippen LogP contribution in [0.25, 0.3) is 21.9 Å². The average molecular weight is 564 g/mol. The lowest BCUT2D eigenvalue weighted by atomic mass is 9.97. The summed E-state index contributed by atoms with van der Waals surface area (Å²) in [6, 6.07) is 8.39. The van der Waals surface area contributed by atoms with E-state index in [1.807, 2.05) is 18.2 Å². The molecule has 0 spiro atoms. The highest BCUT2D eigenvalue weighted by atomic mass is 16.2. The largest absolute Gasteiger partial charge is 0.382 e. The Morgan fingerprint density at radius 2 is 1.68 bits per heavy atom. The topological polar surface area (TPSA) is 141 Å². The van der Waals surface area contributed by atoms with Crippen LogP contribution >= 0.6 is 0 Å². The smallest absolute Gasteiger partial charge is 0.220 e. The van der Waals surface area contributed by atoms with Crippen molar-refractivity contribution in [3.05, 3.63) is 30.1 Å². The van der Waals surface area contributed by atoms with Gasteiger partial charge < -0.3 is 26.7 Å². The van der Waals surface area contributed by atoms with Crippen LogP contribution in [0.5, 0.6) is 0 Å². The second-order valence-corrected chi connectivity index (χ2v) is 11.7. The monoisotopic (exact) mass is 563 g/mol. The Morgan fingerprint density at radius 1 is 0.951 bits per heavy atom. The number of nitrogens with two attached hydrogens (primary N) is 2. The van der Waals surface area contributed by atoms with Gasteiger partial charge in [-0.25, -0.2) is 9.97 Å². The number of hydrogen-bond donors (Lipinski definition) is 4. The first-order valence-corrected chi connectivity index (χ1v) is 15.8. The molecular formula is C32H49N7O2. The molecule has 0 radical (unpaired) electrons. The van der Waals surface area contributed by atoms with Crippen LogP contribution in [0.15, 0.2) is 24.3 Å². The SMILES string of the molecule is CCCCc1nc2c(N)nc3ccccc3c2n1CCCCNC(=O)CCC(=O)NCC1CCCCC(N)CCC1. The Balaban J connectivity index is 1.21. The molecule has 0 saturated heterocycles. The molecule has 2 atom stereocenters. The number of aromatic nitrogens is 3. The summed E-state index contributed by atoms with van der Waals surface area (Å²) in [7, 11) is 0. The van der Waals surface area contributed by atoms with Gasteiger partial charge in [-0.2, -0.15) is 0 Å². The summed E-state index contributed by atoms with van der Waals surface area (Å²) in [5, 5.41) is 7.11. The van der Waals surface area contributed by atoms with Gasteiger partial charge >= 0.3 is 0 Å². The number of nitrogen functional groups attached to an aromatic ring is 1. The molecule has 4 rings (SSSR count). The number of pyridine rings is 1. The summed E-state index contributed by atoms with van der Waals surface area (Å²) in [4.78, 5) is 34.2. The molecule has 0 bridgehead atoms. The zero-order valence-corrected chi connectivity index (χ0v) is 24.8. The van der Waals surface area contributed by atoms with Crippen LogP contribution in [0, 0.1) is 5.92 Å². The standard InChI is InChI=1S/C32H49N7O2/c1-2-3-17-27-38-30-31(25-15-6-7-16-26(25)37-32(30)34)39(27)21-9-8-20-35-28(40)18-19-29(41)36-22-23-11-4-5-13-24(33)14-10-12-23/h6-7,15-16,23-24H,2-5,8-14,17-22,33H2,1H3,(H2,34,37)(H,35,40)(H,36,41). The van der Waals surface area contributed by atoms with Crippen LogP contribution < -0.4 is 22.1 Å². The lowest BCUT2D eigenvalue weighted by Crippen LogP contribution is -2.31. The van der Waals surface area contributed by atoms with Crippen molar-refractivity contribution in [2.24, 2.45) is 11.7 Å². The molecular weight excluding hydrogens is 514 g/mol. The first-order chi connectivity index (χ1) is 20.0. The van der Waals surface area contributed by atoms with E-state index < -0.39 is 0 Å². The van der Waals surface area contributed by atoms with E-state index in [1.165, 1.54) is 12.8 Å². The summed E-state index contributed by atoms with van der Waals surface area (Å²) in [5.74, 6) is 1.91. The van der Waals surface area contributed by atoms with Crippen molar-refractivity contribution in [1.82, 2.24) is 25.2 Å². The van der Waals surface area contributed by atoms with Crippen molar-refractivity contribution in [2.75, 3.05) is 18.8 Å². The van der Waals surface area contributed by atoms with E-state index in [-0.39, 0.29) is 24.7 Å². The summed E-state index contributed by atoms with van der Waals surface area (Å²) in [6.07, 6.45) is 13.2. The molecule has 3 aromatic rings. The number of benzene rings is 1. The van der Waals surface area contributed by atoms with Gasteiger partial charge in [0.1, 0.15) is 11.3 Å². The maximum Gasteiger partial charge on any atom is 0.220 e. The van der Waals surface area contributed by atoms with Crippen molar-refractivity contribution in [1.29, 1.82) is 0 Å². The van der Waals surface area contributed by atoms with Crippen molar-refractivity contribution in [3.8, 4) is 0 Å². The van der Waals surface area contributed by atoms with Crippen molar-refractivity contribution < 1.29 is 9.59 Å². The number of para-hydroxylation sites is 1. The molecule has 41 heavy (non-hydrogen) atoms. The van der Waals surface area contributed by atoms with E-state index in [1.54, 1.807) is 0 Å². The van der Waals surface area contributed by atoms with Gasteiger partial charge in [0.15, 0.2) is 5.82 Å². The molecule has 2 heterocycles. The predicted molar refractivity (Wildman–Crippen MR) is 166 cm³/mol. The lowest BCUT2D eigenvalue weighted by molar-refractivity contribution is -0.126. The Kier molecular flexibility index (Phi) is 11.8. The number of amides is 2. The second-order valence-electron chi connectivity index (χ2n) is 11.7. The van der Waals surface area contributed by atoms with E-state index in [2.05, 4.69) is 33.2 Å². The number of rotatable bonds is 13. The molecule has 1 fully saturated rings. The molecule has 224 valence electrons. The Morgan fingerprint density at radius 3 is 2.51 bits per heavy atom. The zero-order valence-electron chi connectivity index (χ0n) is 24.8. The molecule has 9 nitrogen and oxygen atoms in total. The molecule has 1 aliphatic carbocycles. The fraction of sp³-hybridized carbons (Fsp3) is 0.625. The summed E-state index contributed by atoms with van der Waals surface area (Å²) in [5.41, 5.74) is 15.1. The Hall–Kier alpha value is -3.20. The molecule has 6 N–H and O–H groups in total. The third-order valence-electron chi connectivity index (χ3n) is 8.37. The van der Waals surface area contributed by atoms with Crippen LogP contribution in [0.4, 0.5) is 5.82 Å². The Bertz CT molecular complexity index is 1290. The van der Waals surface area contributed by atoms with Crippen LogP contribution in [-0.4, -0.2) is 45.5 Å². The first-order valence-electron chi connectivity index (χ1n) is 15.8. The van der Waals surface area contributed by atoms with Gasteiger partial charge in [-0.3, -0.25) is 9.59 Å². The molecule has 1 saturated carbocycles. The number of aryl methyl sites for hydroxylation is 2. The maximum atomic E-state index is 12.4. The predicted octanol–water partition coefficient (Wildman–Crippen LogP) is 4.99. The quantitative estimate of drug-likeness (QED) is 0.216. The highest BCUT2D eigenvalue weighted by molar-refractivity contribution is 6.06. The van der Waals surface area contributed by atoms with Crippen LogP contribution in [0.2, 0.25) is 0 Å². The second kappa shape index (κ2) is 15.7. The average Bonchev–Trinajstić information content (AvgIpc) is 3.38. The summed E-state index contributed by atoms with van der Waals surface area (Å²) < 4.78 is 2.30. The fourth-order valence-corrected chi connectivity index (χ4v) is 5.96. The van der Waals surface area contributed by atoms with Crippen LogP contribution in [-0.2, 0) is 22.6 Å². The van der Waals surface area contributed by atoms with Gasteiger partial charge in [0.2, 0.25) is 11.8 Å². The maximum absolute atomic E-state index is 12.4. The number of anilines is 1. The highest BCUT2D eigenvalue weighted by Gasteiger charge is 2.17. The molecule has 1 aliphatic rings. The summed E-state index contributed by atoms with van der Waals surface area (Å²) in [6.45, 7) is 4.28. The van der Waals surface area contributed by atoms with Crippen molar-refractivity contribution in [2.45, 2.75) is 109 Å². The van der Waals surface area contributed by atoms with Gasteiger partial charge in [-0.05, 0) is 56.9 Å². The lowest BCUT2D eigenvalue weighted by Gasteiger charge is -2.16. The normalized spacial score (nSPS) is 18.1. The minimum absolute atomic E-state index is 0.0377. The number of imidazole rings is 1. The fourth-order valence-electron chi connectivity index (χ4n) is 5.96. The highest BCUT2D eigenvalue weighted by Crippen LogP contribution is 2.29. The van der Waals surface area contributed by atoms with E-state index in [0.717, 1.165) is 98.5 Å². The van der Waals surface area contributed by atoms with Crippen LogP contribution in [0.3, 0.4) is 0 Å². The van der Waals surface area contributed by atoms with E-state index in [9.17, 15) is 9.59 Å². The van der Waals surface area contributed by atoms with Gasteiger partial charge in [-0.1, -0.05) is 50.8 Å². The van der Waals surface area contributed by atoms with Gasteiger partial charge in [0, 0.05) is 50.3 Å². The zero-order chi connectivity index (χ0) is 29.0. The van der Waals surface area contributed by atoms with Crippen molar-refractivity contribution >= 4 is 39.6 Å². The number of unbranched alkanes of at least 4 members (excludes halogenated alkanes) is 2. The number of hydrogen-bond acceptors (Lipinski definition) is 6. The molecule has 9 heteroatoms. The minimum Gasteiger partial charge on any atom is -0.382 e. The van der Waals surface area contributed by atoms with Gasteiger partial charge in [0.05, 0.1) is 11.0 Å². The van der Waals surface area contributed by atoms with Crippen molar-refractivity contribution in [3.63, 3.8) is 0 Å². The molecule has 2 amide bonds. The van der Waals surface area contributed by atoms with Crippen LogP contribution in [0.1, 0.15) is 96.2 Å². The minimum atomic E-state index is -0.0712. The molecule has 1 aromatic carbocycles. The van der Waals surface area contributed by atoms with Gasteiger partial charge in [-0.15, -0.1) is 0 Å². The third kappa shape index (κ3) is 8.89. The molecule has 0 aliphatic heterocycles. The van der Waals surface area contributed by atoms with E-state index >= 15 is 0 Å². The number of nitrogens with zero attached hydrogens (tertiary/aromatic N) is 3. The number of fused-ring (bicyclic) bond motifs is 3. The van der Waals surface area contributed by atoms with Gasteiger partial charge in [0.25, 0.3) is 0 Å². The Labute approximate surface area is 244 Å². The number of carbonyl (C=O) groups excluding carboxylic acids is 2. The summed E-state index contributed by atoms with van der Waals surface area (Å²) >= 11 is 0. The molecule has 2 unspecified atom stereocenters.